The van der Waals surface area contributed by atoms with Gasteiger partial charge in [-0.05, 0) is 25.0 Å². The Balaban J connectivity index is 1.35. The minimum Gasteiger partial charge on any atom is -0.376 e. The number of nitrogens with zero attached hydrogens (tertiary/aromatic N) is 2. The predicted octanol–water partition coefficient (Wildman–Crippen LogP) is 1.63. The van der Waals surface area contributed by atoms with Crippen LogP contribution in [0.1, 0.15) is 19.3 Å². The maximum absolute atomic E-state index is 13.8. The van der Waals surface area contributed by atoms with Crippen LogP contribution in [-0.2, 0) is 9.53 Å². The Hall–Kier alpha value is -1.66. The van der Waals surface area contributed by atoms with E-state index in [9.17, 15) is 9.18 Å². The molecule has 2 saturated heterocycles. The number of carbonyl (C=O) groups excluding carboxylic acids is 1. The Morgan fingerprint density at radius 3 is 2.75 bits per heavy atom. The highest BCUT2D eigenvalue weighted by atomic mass is 19.1. The third-order valence-corrected chi connectivity index (χ3v) is 4.77. The number of benzene rings is 1. The first kappa shape index (κ1) is 17.2. The normalized spacial score (nSPS) is 21.9. The Bertz CT molecular complexity index is 541. The SMILES string of the molecule is O=C(CCN1CCN(c2ccccc2F)CC1)NCC1CCCO1. The number of nitrogens with one attached hydrogen (secondary N) is 1. The topological polar surface area (TPSA) is 44.8 Å². The second-order valence-electron chi connectivity index (χ2n) is 6.47. The summed E-state index contributed by atoms with van der Waals surface area (Å²) in [5.41, 5.74) is 0.673. The lowest BCUT2D eigenvalue weighted by Crippen LogP contribution is -2.47. The standard InChI is InChI=1S/C18H26FN3O2/c19-16-5-1-2-6-17(16)22-11-9-21(10-12-22)8-7-18(23)20-14-15-4-3-13-24-15/h1-2,5-6,15H,3-4,7-14H2,(H,20,23). The van der Waals surface area contributed by atoms with Gasteiger partial charge >= 0.3 is 0 Å². The predicted molar refractivity (Wildman–Crippen MR) is 91.7 cm³/mol. The van der Waals surface area contributed by atoms with Gasteiger partial charge in [0.05, 0.1) is 11.8 Å². The number of piperazine rings is 1. The largest absolute Gasteiger partial charge is 0.376 e. The molecule has 2 aliphatic heterocycles. The van der Waals surface area contributed by atoms with Crippen molar-refractivity contribution in [2.75, 3.05) is 50.8 Å². The van der Waals surface area contributed by atoms with Gasteiger partial charge in [-0.1, -0.05) is 12.1 Å². The van der Waals surface area contributed by atoms with Gasteiger partial charge in [-0.25, -0.2) is 4.39 Å². The van der Waals surface area contributed by atoms with Gasteiger partial charge in [0, 0.05) is 52.3 Å². The highest BCUT2D eigenvalue weighted by molar-refractivity contribution is 5.76. The molecule has 0 aromatic heterocycles. The molecule has 24 heavy (non-hydrogen) atoms. The number of halogens is 1. The van der Waals surface area contributed by atoms with Crippen molar-refractivity contribution in [3.8, 4) is 0 Å². The van der Waals surface area contributed by atoms with Crippen molar-refractivity contribution in [1.29, 1.82) is 0 Å². The van der Waals surface area contributed by atoms with Gasteiger partial charge in [0.25, 0.3) is 0 Å². The maximum Gasteiger partial charge on any atom is 0.221 e. The summed E-state index contributed by atoms with van der Waals surface area (Å²) in [6, 6.07) is 6.90. The Morgan fingerprint density at radius 2 is 2.04 bits per heavy atom. The Kier molecular flexibility index (Phi) is 6.04. The van der Waals surface area contributed by atoms with Crippen molar-refractivity contribution in [3.05, 3.63) is 30.1 Å². The molecule has 1 unspecified atom stereocenters. The van der Waals surface area contributed by atoms with Crippen LogP contribution < -0.4 is 10.2 Å². The van der Waals surface area contributed by atoms with Crippen LogP contribution in [0.4, 0.5) is 10.1 Å². The van der Waals surface area contributed by atoms with Crippen LogP contribution in [0, 0.1) is 5.82 Å². The van der Waals surface area contributed by atoms with E-state index < -0.39 is 0 Å². The number of rotatable bonds is 6. The molecule has 1 atom stereocenters. The number of anilines is 1. The molecule has 1 N–H and O–H groups in total. The molecule has 1 amide bonds. The van der Waals surface area contributed by atoms with E-state index in [0.29, 0.717) is 18.7 Å². The fraction of sp³-hybridized carbons (Fsp3) is 0.611. The number of carbonyl (C=O) groups is 1. The van der Waals surface area contributed by atoms with Crippen molar-refractivity contribution in [2.45, 2.75) is 25.4 Å². The van der Waals surface area contributed by atoms with Gasteiger partial charge in [0.1, 0.15) is 5.82 Å². The van der Waals surface area contributed by atoms with Gasteiger partial charge in [-0.2, -0.15) is 0 Å². The van der Waals surface area contributed by atoms with Gasteiger partial charge in [-0.15, -0.1) is 0 Å². The fourth-order valence-electron chi connectivity index (χ4n) is 3.30. The first-order valence-electron chi connectivity index (χ1n) is 8.82. The minimum atomic E-state index is -0.167. The lowest BCUT2D eigenvalue weighted by atomic mass is 10.2. The molecule has 5 nitrogen and oxygen atoms in total. The zero-order valence-corrected chi connectivity index (χ0v) is 14.0. The van der Waals surface area contributed by atoms with Crippen LogP contribution in [0.5, 0.6) is 0 Å². The van der Waals surface area contributed by atoms with Gasteiger partial charge in [-0.3, -0.25) is 9.69 Å². The zero-order chi connectivity index (χ0) is 16.8. The summed E-state index contributed by atoms with van der Waals surface area (Å²) in [7, 11) is 0. The molecular formula is C18H26FN3O2. The van der Waals surface area contributed by atoms with Crippen molar-refractivity contribution >= 4 is 11.6 Å². The van der Waals surface area contributed by atoms with E-state index in [0.717, 1.165) is 52.2 Å². The lowest BCUT2D eigenvalue weighted by molar-refractivity contribution is -0.121. The Morgan fingerprint density at radius 1 is 1.25 bits per heavy atom. The molecule has 0 aliphatic carbocycles. The summed E-state index contributed by atoms with van der Waals surface area (Å²) in [4.78, 5) is 16.3. The monoisotopic (exact) mass is 335 g/mol. The molecule has 0 bridgehead atoms. The van der Waals surface area contributed by atoms with Crippen LogP contribution in [0.15, 0.2) is 24.3 Å². The van der Waals surface area contributed by atoms with Gasteiger partial charge in [0.15, 0.2) is 0 Å². The molecule has 2 fully saturated rings. The minimum absolute atomic E-state index is 0.0852. The fourth-order valence-corrected chi connectivity index (χ4v) is 3.30. The number of hydrogen-bond acceptors (Lipinski definition) is 4. The third-order valence-electron chi connectivity index (χ3n) is 4.77. The second-order valence-corrected chi connectivity index (χ2v) is 6.47. The van der Waals surface area contributed by atoms with E-state index in [1.54, 1.807) is 6.07 Å². The van der Waals surface area contributed by atoms with Crippen LogP contribution in [-0.4, -0.2) is 62.8 Å². The molecule has 0 saturated carbocycles. The summed E-state index contributed by atoms with van der Waals surface area (Å²) < 4.78 is 19.3. The van der Waals surface area contributed by atoms with Gasteiger partial charge < -0.3 is 15.0 Å². The molecule has 6 heteroatoms. The first-order chi connectivity index (χ1) is 11.7. The number of ether oxygens (including phenoxy) is 1. The zero-order valence-electron chi connectivity index (χ0n) is 14.0. The van der Waals surface area contributed by atoms with E-state index in [1.165, 1.54) is 6.07 Å². The molecule has 2 aliphatic rings. The average molecular weight is 335 g/mol. The number of para-hydroxylation sites is 1. The smallest absolute Gasteiger partial charge is 0.221 e. The van der Waals surface area contributed by atoms with Crippen LogP contribution >= 0.6 is 0 Å². The third kappa shape index (κ3) is 4.68. The van der Waals surface area contributed by atoms with Crippen LogP contribution in [0.2, 0.25) is 0 Å². The number of amides is 1. The molecule has 0 radical (unpaired) electrons. The quantitative estimate of drug-likeness (QED) is 0.858. The highest BCUT2D eigenvalue weighted by Crippen LogP contribution is 2.20. The Labute approximate surface area is 142 Å². The summed E-state index contributed by atoms with van der Waals surface area (Å²) in [6.45, 7) is 5.48. The summed E-state index contributed by atoms with van der Waals surface area (Å²) in [5, 5.41) is 2.96. The summed E-state index contributed by atoms with van der Waals surface area (Å²) in [5.74, 6) is -0.0820. The molecule has 132 valence electrons. The van der Waals surface area contributed by atoms with Crippen molar-refractivity contribution in [2.24, 2.45) is 0 Å². The molecule has 3 rings (SSSR count). The summed E-state index contributed by atoms with van der Waals surface area (Å²) in [6.07, 6.45) is 2.83. The average Bonchev–Trinajstić information content (AvgIpc) is 3.13. The molecule has 1 aromatic carbocycles. The van der Waals surface area contributed by atoms with E-state index >= 15 is 0 Å². The van der Waals surface area contributed by atoms with Crippen molar-refractivity contribution in [3.63, 3.8) is 0 Å². The molecule has 2 heterocycles. The molecular weight excluding hydrogens is 309 g/mol. The van der Waals surface area contributed by atoms with E-state index in [4.69, 9.17) is 4.74 Å². The molecule has 0 spiro atoms. The number of hydrogen-bond donors (Lipinski definition) is 1. The lowest BCUT2D eigenvalue weighted by Gasteiger charge is -2.36. The van der Waals surface area contributed by atoms with Crippen molar-refractivity contribution in [1.82, 2.24) is 10.2 Å². The second kappa shape index (κ2) is 8.44. The van der Waals surface area contributed by atoms with Gasteiger partial charge in [0.2, 0.25) is 5.91 Å². The van der Waals surface area contributed by atoms with E-state index in [-0.39, 0.29) is 17.8 Å². The first-order valence-corrected chi connectivity index (χ1v) is 8.82. The summed E-state index contributed by atoms with van der Waals surface area (Å²) >= 11 is 0. The van der Waals surface area contributed by atoms with Crippen LogP contribution in [0.3, 0.4) is 0 Å². The van der Waals surface area contributed by atoms with Crippen LogP contribution in [0.25, 0.3) is 0 Å². The van der Waals surface area contributed by atoms with E-state index in [2.05, 4.69) is 15.1 Å². The van der Waals surface area contributed by atoms with Crippen molar-refractivity contribution < 1.29 is 13.9 Å². The van der Waals surface area contributed by atoms with E-state index in [1.807, 2.05) is 12.1 Å². The maximum atomic E-state index is 13.8. The highest BCUT2D eigenvalue weighted by Gasteiger charge is 2.20. The molecule has 1 aromatic rings.